The third-order valence-corrected chi connectivity index (χ3v) is 10.6. The van der Waals surface area contributed by atoms with Crippen LogP contribution >= 0.6 is 0 Å². The van der Waals surface area contributed by atoms with Gasteiger partial charge in [-0.2, -0.15) is 0 Å². The molecule has 0 aliphatic rings. The van der Waals surface area contributed by atoms with Gasteiger partial charge in [-0.25, -0.2) is 0 Å². The van der Waals surface area contributed by atoms with E-state index in [2.05, 4.69) is 157 Å². The molecule has 0 aliphatic heterocycles. The molecule has 0 spiro atoms. The predicted molar refractivity (Wildman–Crippen MR) is 198 cm³/mol. The summed E-state index contributed by atoms with van der Waals surface area (Å²) >= 11 is 0. The van der Waals surface area contributed by atoms with E-state index in [1.807, 2.05) is 36.7 Å². The Kier molecular flexibility index (Phi) is 8.00. The highest BCUT2D eigenvalue weighted by Gasteiger charge is 2.20. The molecule has 46 heavy (non-hydrogen) atoms. The van der Waals surface area contributed by atoms with Gasteiger partial charge < -0.3 is 0 Å². The summed E-state index contributed by atoms with van der Waals surface area (Å²) in [7, 11) is -1.66. The summed E-state index contributed by atoms with van der Waals surface area (Å²) in [5, 5.41) is 1.45. The third-order valence-electron chi connectivity index (χ3n) is 8.59. The summed E-state index contributed by atoms with van der Waals surface area (Å²) in [4.78, 5) is 9.07. The summed E-state index contributed by atoms with van der Waals surface area (Å²) in [5.74, 6) is 0. The van der Waals surface area contributed by atoms with E-state index in [0.29, 0.717) is 0 Å². The maximum absolute atomic E-state index is 4.54. The average Bonchev–Trinajstić information content (AvgIpc) is 3.12. The predicted octanol–water partition coefficient (Wildman–Crippen LogP) is 11.0. The van der Waals surface area contributed by atoms with Crippen molar-refractivity contribution >= 4 is 13.3 Å². The smallest absolute Gasteiger partial charge is 0.0776 e. The number of benzene rings is 5. The van der Waals surface area contributed by atoms with E-state index >= 15 is 0 Å². The van der Waals surface area contributed by atoms with Crippen LogP contribution in [0.2, 0.25) is 19.6 Å². The Hall–Kier alpha value is -5.38. The van der Waals surface area contributed by atoms with Crippen LogP contribution in [0, 0.1) is 0 Å². The first-order valence-electron chi connectivity index (χ1n) is 15.8. The molecule has 0 atom stereocenters. The number of hydrogen-bond donors (Lipinski definition) is 0. The van der Waals surface area contributed by atoms with Gasteiger partial charge >= 0.3 is 0 Å². The molecule has 5 aromatic carbocycles. The van der Waals surface area contributed by atoms with Crippen LogP contribution in [0.25, 0.3) is 67.0 Å². The Balaban J connectivity index is 1.32. The monoisotopic (exact) mass is 608 g/mol. The van der Waals surface area contributed by atoms with Crippen LogP contribution < -0.4 is 5.19 Å². The van der Waals surface area contributed by atoms with E-state index in [1.165, 1.54) is 49.7 Å². The summed E-state index contributed by atoms with van der Waals surface area (Å²) in [5.41, 5.74) is 14.0. The average molecular weight is 609 g/mol. The van der Waals surface area contributed by atoms with Gasteiger partial charge in [0.15, 0.2) is 0 Å². The zero-order valence-corrected chi connectivity index (χ0v) is 27.5. The van der Waals surface area contributed by atoms with Crippen LogP contribution in [0.4, 0.5) is 0 Å². The van der Waals surface area contributed by atoms with Crippen molar-refractivity contribution < 1.29 is 0 Å². The van der Waals surface area contributed by atoms with Crippen molar-refractivity contribution in [2.24, 2.45) is 0 Å². The van der Waals surface area contributed by atoms with Crippen LogP contribution in [-0.2, 0) is 0 Å². The van der Waals surface area contributed by atoms with Crippen LogP contribution in [0.5, 0.6) is 0 Å². The molecule has 0 bridgehead atoms. The van der Waals surface area contributed by atoms with E-state index in [9.17, 15) is 0 Å². The number of rotatable bonds is 7. The summed E-state index contributed by atoms with van der Waals surface area (Å²) in [6.07, 6.45) is 3.69. The minimum Gasteiger partial charge on any atom is -0.256 e. The van der Waals surface area contributed by atoms with Gasteiger partial charge in [0.05, 0.1) is 19.5 Å². The molecule has 0 N–H and O–H groups in total. The van der Waals surface area contributed by atoms with Gasteiger partial charge in [-0.1, -0.05) is 146 Å². The molecule has 0 fully saturated rings. The number of nitrogens with zero attached hydrogens (tertiary/aromatic N) is 2. The first kappa shape index (κ1) is 29.3. The fraction of sp³-hybridized carbons (Fsp3) is 0.0698. The standard InChI is InChI=1S/C43H36N2Si/c1-46(2,3)37-29-35(40-14-6-4-12-38(40)31-18-22-33(23-19-31)42-16-8-10-26-44-42)28-36(30-37)41-15-7-5-13-39(41)32-20-24-34(25-21-32)43-17-9-11-27-45-43/h4-30H,1-3H3. The molecule has 0 unspecified atom stereocenters. The zero-order valence-electron chi connectivity index (χ0n) is 26.5. The summed E-state index contributed by atoms with van der Waals surface area (Å²) in [6, 6.07) is 54.5. The number of aromatic nitrogens is 2. The summed E-state index contributed by atoms with van der Waals surface area (Å²) < 4.78 is 0. The lowest BCUT2D eigenvalue weighted by Gasteiger charge is -2.22. The lowest BCUT2D eigenvalue weighted by molar-refractivity contribution is 1.33. The first-order valence-corrected chi connectivity index (χ1v) is 19.3. The quantitative estimate of drug-likeness (QED) is 0.168. The van der Waals surface area contributed by atoms with Crippen LogP contribution in [0.1, 0.15) is 0 Å². The Morgan fingerprint density at radius 2 is 0.696 bits per heavy atom. The van der Waals surface area contributed by atoms with Crippen LogP contribution in [0.3, 0.4) is 0 Å². The Bertz CT molecular complexity index is 1950. The molecule has 0 saturated carbocycles. The van der Waals surface area contributed by atoms with Crippen LogP contribution in [-0.4, -0.2) is 18.0 Å². The van der Waals surface area contributed by atoms with E-state index in [0.717, 1.165) is 22.5 Å². The SMILES string of the molecule is C[Si](C)(C)c1cc(-c2ccccc2-c2ccc(-c3ccccn3)cc2)cc(-c2ccccc2-c2ccc(-c3ccccn3)cc2)c1. The van der Waals surface area contributed by atoms with Crippen molar-refractivity contribution in [1.82, 2.24) is 9.97 Å². The van der Waals surface area contributed by atoms with Gasteiger partial charge in [0.2, 0.25) is 0 Å². The van der Waals surface area contributed by atoms with E-state index < -0.39 is 8.07 Å². The topological polar surface area (TPSA) is 25.8 Å². The molecule has 7 rings (SSSR count). The molecule has 222 valence electrons. The van der Waals surface area contributed by atoms with Crippen molar-refractivity contribution in [2.75, 3.05) is 0 Å². The maximum atomic E-state index is 4.54. The molecular weight excluding hydrogens is 573 g/mol. The lowest BCUT2D eigenvalue weighted by Crippen LogP contribution is -2.37. The third kappa shape index (κ3) is 6.10. The molecule has 3 heteroatoms. The van der Waals surface area contributed by atoms with Gasteiger partial charge in [-0.05, 0) is 74.8 Å². The van der Waals surface area contributed by atoms with Gasteiger partial charge in [0.1, 0.15) is 0 Å². The second-order valence-electron chi connectivity index (χ2n) is 12.7. The molecule has 2 nitrogen and oxygen atoms in total. The van der Waals surface area contributed by atoms with E-state index in [-0.39, 0.29) is 0 Å². The highest BCUT2D eigenvalue weighted by molar-refractivity contribution is 6.88. The van der Waals surface area contributed by atoms with Gasteiger partial charge in [0, 0.05) is 23.5 Å². The fourth-order valence-corrected chi connectivity index (χ4v) is 7.23. The van der Waals surface area contributed by atoms with Gasteiger partial charge in [-0.3, -0.25) is 9.97 Å². The number of pyridine rings is 2. The fourth-order valence-electron chi connectivity index (χ4n) is 6.05. The highest BCUT2D eigenvalue weighted by atomic mass is 28.3. The molecule has 0 amide bonds. The second kappa shape index (κ2) is 12.5. The number of hydrogen-bond acceptors (Lipinski definition) is 2. The molecule has 7 aromatic rings. The molecular formula is C43H36N2Si. The largest absolute Gasteiger partial charge is 0.256 e. The van der Waals surface area contributed by atoms with Crippen molar-refractivity contribution in [3.8, 4) is 67.0 Å². The maximum Gasteiger partial charge on any atom is 0.0776 e. The van der Waals surface area contributed by atoms with Gasteiger partial charge in [-0.15, -0.1) is 0 Å². The second-order valence-corrected chi connectivity index (χ2v) is 17.8. The zero-order chi connectivity index (χ0) is 31.5. The first-order chi connectivity index (χ1) is 22.4. The minimum absolute atomic E-state index is 0.986. The molecule has 0 aliphatic carbocycles. The molecule has 0 saturated heterocycles. The van der Waals surface area contributed by atoms with E-state index in [4.69, 9.17) is 0 Å². The van der Waals surface area contributed by atoms with Crippen molar-refractivity contribution in [3.05, 3.63) is 164 Å². The Labute approximate surface area is 273 Å². The summed E-state index contributed by atoms with van der Waals surface area (Å²) in [6.45, 7) is 7.29. The highest BCUT2D eigenvalue weighted by Crippen LogP contribution is 2.38. The van der Waals surface area contributed by atoms with Crippen molar-refractivity contribution in [1.29, 1.82) is 0 Å². The van der Waals surface area contributed by atoms with E-state index in [1.54, 1.807) is 0 Å². The Morgan fingerprint density at radius 3 is 1.04 bits per heavy atom. The minimum atomic E-state index is -1.66. The van der Waals surface area contributed by atoms with Crippen LogP contribution in [0.15, 0.2) is 164 Å². The van der Waals surface area contributed by atoms with Crippen molar-refractivity contribution in [2.45, 2.75) is 19.6 Å². The molecule has 0 radical (unpaired) electrons. The lowest BCUT2D eigenvalue weighted by atomic mass is 9.90. The Morgan fingerprint density at radius 1 is 0.348 bits per heavy atom. The van der Waals surface area contributed by atoms with Crippen molar-refractivity contribution in [3.63, 3.8) is 0 Å². The molecule has 2 heterocycles. The normalized spacial score (nSPS) is 11.4. The molecule has 2 aromatic heterocycles. The van der Waals surface area contributed by atoms with Gasteiger partial charge in [0.25, 0.3) is 0 Å².